The summed E-state index contributed by atoms with van der Waals surface area (Å²) in [5.41, 5.74) is 0. The third-order valence-electron chi connectivity index (χ3n) is 3.98. The van der Waals surface area contributed by atoms with Gasteiger partial charge in [0.05, 0.1) is 0 Å². The Morgan fingerprint density at radius 2 is 0.667 bits per heavy atom. The van der Waals surface area contributed by atoms with Crippen molar-refractivity contribution in [2.24, 2.45) is 0 Å². The summed E-state index contributed by atoms with van der Waals surface area (Å²) in [7, 11) is 0. The predicted octanol–water partition coefficient (Wildman–Crippen LogP) is 9.65. The summed E-state index contributed by atoms with van der Waals surface area (Å²) in [5.74, 6) is 0. The van der Waals surface area contributed by atoms with E-state index in [1.165, 1.54) is 96.3 Å². The van der Waals surface area contributed by atoms with Crippen molar-refractivity contribution < 1.29 is 0 Å². The second-order valence-corrected chi connectivity index (χ2v) is 6.57. The SMILES string of the molecule is C.CCCC/C=C\CCCC.CCCC/C=C\CCCCCCC. The van der Waals surface area contributed by atoms with Gasteiger partial charge >= 0.3 is 0 Å². The number of rotatable bonds is 15. The van der Waals surface area contributed by atoms with Crippen LogP contribution in [0.3, 0.4) is 0 Å². The topological polar surface area (TPSA) is 0 Å². The van der Waals surface area contributed by atoms with Gasteiger partial charge in [-0.15, -0.1) is 0 Å². The highest BCUT2D eigenvalue weighted by molar-refractivity contribution is 4.81. The summed E-state index contributed by atoms with van der Waals surface area (Å²) in [6, 6.07) is 0. The lowest BCUT2D eigenvalue weighted by Gasteiger charge is -1.96. The molecule has 0 saturated heterocycles. The van der Waals surface area contributed by atoms with E-state index in [9.17, 15) is 0 Å². The summed E-state index contributed by atoms with van der Waals surface area (Å²) in [6.45, 7) is 8.99. The van der Waals surface area contributed by atoms with E-state index in [2.05, 4.69) is 52.0 Å². The molecule has 0 rings (SSSR count). The van der Waals surface area contributed by atoms with E-state index in [4.69, 9.17) is 0 Å². The summed E-state index contributed by atoms with van der Waals surface area (Å²) < 4.78 is 0. The zero-order valence-electron chi connectivity index (χ0n) is 16.9. The van der Waals surface area contributed by atoms with Crippen molar-refractivity contribution in [3.8, 4) is 0 Å². The van der Waals surface area contributed by atoms with E-state index in [0.717, 1.165) is 0 Å². The standard InChI is InChI=1S/C13H26.C10H20.CH4/c1-3-5-7-9-11-13-12-10-8-6-4-2;1-3-5-7-9-10-8-6-4-2;/h9,11H,3-8,10,12-13H2,1-2H3;9-10H,3-8H2,1-2H3;1H4/b11-9-;10-9-;. The second kappa shape index (κ2) is 30.4. The van der Waals surface area contributed by atoms with Crippen LogP contribution in [0.2, 0.25) is 0 Å². The van der Waals surface area contributed by atoms with E-state index in [1.807, 2.05) is 0 Å². The summed E-state index contributed by atoms with van der Waals surface area (Å²) in [4.78, 5) is 0. The number of unbranched alkanes of at least 4 members (excludes halogenated alkanes) is 11. The van der Waals surface area contributed by atoms with E-state index >= 15 is 0 Å². The Balaban J connectivity index is -0.000000364. The van der Waals surface area contributed by atoms with Crippen molar-refractivity contribution >= 4 is 0 Å². The van der Waals surface area contributed by atoms with Crippen molar-refractivity contribution in [2.45, 2.75) is 131 Å². The van der Waals surface area contributed by atoms with Gasteiger partial charge in [-0.3, -0.25) is 0 Å². The van der Waals surface area contributed by atoms with Crippen molar-refractivity contribution in [3.05, 3.63) is 24.3 Å². The predicted molar refractivity (Wildman–Crippen MR) is 117 cm³/mol. The quantitative estimate of drug-likeness (QED) is 0.206. The van der Waals surface area contributed by atoms with Crippen LogP contribution in [0.25, 0.3) is 0 Å². The van der Waals surface area contributed by atoms with Gasteiger partial charge in [-0.05, 0) is 32.1 Å². The first-order chi connectivity index (χ1) is 11.3. The molecule has 0 aliphatic heterocycles. The van der Waals surface area contributed by atoms with Crippen molar-refractivity contribution in [2.75, 3.05) is 0 Å². The molecule has 0 amide bonds. The summed E-state index contributed by atoms with van der Waals surface area (Å²) >= 11 is 0. The van der Waals surface area contributed by atoms with Gasteiger partial charge in [-0.2, -0.15) is 0 Å². The largest absolute Gasteiger partial charge is 0.0885 e. The molecular weight excluding hydrogens is 288 g/mol. The van der Waals surface area contributed by atoms with Gasteiger partial charge in [-0.1, -0.05) is 124 Å². The maximum Gasteiger partial charge on any atom is -0.0351 e. The highest BCUT2D eigenvalue weighted by Gasteiger charge is 1.86. The molecule has 0 aromatic heterocycles. The molecule has 0 aliphatic carbocycles. The fourth-order valence-electron chi connectivity index (χ4n) is 2.30. The minimum absolute atomic E-state index is 0. The van der Waals surface area contributed by atoms with E-state index in [0.29, 0.717) is 0 Å². The van der Waals surface area contributed by atoms with Gasteiger partial charge < -0.3 is 0 Å². The molecule has 0 heteroatoms. The third-order valence-corrected chi connectivity index (χ3v) is 3.98. The van der Waals surface area contributed by atoms with Gasteiger partial charge in [-0.25, -0.2) is 0 Å². The van der Waals surface area contributed by atoms with Crippen molar-refractivity contribution in [1.82, 2.24) is 0 Å². The highest BCUT2D eigenvalue weighted by Crippen LogP contribution is 2.06. The molecule has 0 heterocycles. The number of allylic oxidation sites excluding steroid dienone is 4. The molecule has 0 aromatic rings. The third kappa shape index (κ3) is 33.2. The average molecular weight is 339 g/mol. The molecule has 0 saturated carbocycles. The van der Waals surface area contributed by atoms with Crippen LogP contribution in [0, 0.1) is 0 Å². The fourth-order valence-corrected chi connectivity index (χ4v) is 2.30. The van der Waals surface area contributed by atoms with E-state index in [1.54, 1.807) is 0 Å². The molecule has 146 valence electrons. The van der Waals surface area contributed by atoms with Crippen LogP contribution >= 0.6 is 0 Å². The zero-order valence-corrected chi connectivity index (χ0v) is 16.9. The van der Waals surface area contributed by atoms with Crippen LogP contribution in [0.1, 0.15) is 131 Å². The molecule has 0 aromatic carbocycles. The van der Waals surface area contributed by atoms with Crippen LogP contribution < -0.4 is 0 Å². The molecule has 0 nitrogen and oxygen atoms in total. The molecular formula is C24H50. The van der Waals surface area contributed by atoms with Gasteiger partial charge in [0.15, 0.2) is 0 Å². The van der Waals surface area contributed by atoms with Crippen LogP contribution in [-0.2, 0) is 0 Å². The Hall–Kier alpha value is -0.520. The molecule has 0 fully saturated rings. The first-order valence-corrected chi connectivity index (χ1v) is 10.6. The van der Waals surface area contributed by atoms with Gasteiger partial charge in [0.25, 0.3) is 0 Å². The van der Waals surface area contributed by atoms with Crippen LogP contribution in [-0.4, -0.2) is 0 Å². The van der Waals surface area contributed by atoms with E-state index < -0.39 is 0 Å². The molecule has 0 atom stereocenters. The summed E-state index contributed by atoms with van der Waals surface area (Å²) in [5, 5.41) is 0. The average Bonchev–Trinajstić information content (AvgIpc) is 2.57. The lowest BCUT2D eigenvalue weighted by Crippen LogP contribution is -1.76. The molecule has 0 radical (unpaired) electrons. The van der Waals surface area contributed by atoms with Crippen LogP contribution in [0.15, 0.2) is 24.3 Å². The Labute approximate surface area is 156 Å². The summed E-state index contributed by atoms with van der Waals surface area (Å²) in [6.07, 6.45) is 29.5. The van der Waals surface area contributed by atoms with Crippen molar-refractivity contribution in [1.29, 1.82) is 0 Å². The van der Waals surface area contributed by atoms with Gasteiger partial charge in [0, 0.05) is 0 Å². The highest BCUT2D eigenvalue weighted by atomic mass is 13.9. The Morgan fingerprint density at radius 1 is 0.375 bits per heavy atom. The Kier molecular flexibility index (Phi) is 35.8. The second-order valence-electron chi connectivity index (χ2n) is 6.57. The first kappa shape index (κ1) is 28.3. The molecule has 0 spiro atoms. The van der Waals surface area contributed by atoms with E-state index in [-0.39, 0.29) is 7.43 Å². The molecule has 0 aliphatic rings. The Bertz CT molecular complexity index is 214. The molecule has 0 bridgehead atoms. The zero-order chi connectivity index (χ0) is 17.4. The normalized spacial score (nSPS) is 10.7. The minimum Gasteiger partial charge on any atom is -0.0885 e. The van der Waals surface area contributed by atoms with Crippen LogP contribution in [0.4, 0.5) is 0 Å². The van der Waals surface area contributed by atoms with Gasteiger partial charge in [0.1, 0.15) is 0 Å². The first-order valence-electron chi connectivity index (χ1n) is 10.6. The van der Waals surface area contributed by atoms with Crippen molar-refractivity contribution in [3.63, 3.8) is 0 Å². The lowest BCUT2D eigenvalue weighted by atomic mass is 10.1. The smallest absolute Gasteiger partial charge is 0.0351 e. The molecule has 24 heavy (non-hydrogen) atoms. The number of hydrogen-bond acceptors (Lipinski definition) is 0. The fraction of sp³-hybridized carbons (Fsp3) is 0.833. The lowest BCUT2D eigenvalue weighted by molar-refractivity contribution is 0.637. The maximum atomic E-state index is 2.36. The number of hydrogen-bond donors (Lipinski definition) is 0. The van der Waals surface area contributed by atoms with Gasteiger partial charge in [0.2, 0.25) is 0 Å². The molecule has 0 N–H and O–H groups in total. The monoisotopic (exact) mass is 338 g/mol. The molecule has 0 unspecified atom stereocenters. The minimum atomic E-state index is 0. The maximum absolute atomic E-state index is 2.36. The Morgan fingerprint density at radius 3 is 1.00 bits per heavy atom. The van der Waals surface area contributed by atoms with Crippen LogP contribution in [0.5, 0.6) is 0 Å².